The first-order valence-electron chi connectivity index (χ1n) is 11.5. The molecule has 0 bridgehead atoms. The summed E-state index contributed by atoms with van der Waals surface area (Å²) < 4.78 is 18.5. The molecule has 36 heavy (non-hydrogen) atoms. The van der Waals surface area contributed by atoms with Crippen molar-refractivity contribution in [2.75, 3.05) is 39.8 Å². The number of thiazole rings is 1. The molecule has 2 heterocycles. The van der Waals surface area contributed by atoms with Crippen LogP contribution in [0.25, 0.3) is 6.08 Å². The lowest BCUT2D eigenvalue weighted by Gasteiger charge is -2.26. The number of hydrogen-bond donors (Lipinski definition) is 0. The highest BCUT2D eigenvalue weighted by Gasteiger charge is 2.35. The number of carbonyl (C=O) groups excluding carboxylic acids is 1. The summed E-state index contributed by atoms with van der Waals surface area (Å²) >= 11 is 1.28. The summed E-state index contributed by atoms with van der Waals surface area (Å²) in [7, 11) is 7.06. The summed E-state index contributed by atoms with van der Waals surface area (Å²) in [5, 5.41) is 0. The molecule has 188 valence electrons. The van der Waals surface area contributed by atoms with Gasteiger partial charge in [0.2, 0.25) is 0 Å². The van der Waals surface area contributed by atoms with Crippen molar-refractivity contribution in [1.29, 1.82) is 0 Å². The Balaban J connectivity index is 1.96. The number of benzene rings is 2. The van der Waals surface area contributed by atoms with Gasteiger partial charge < -0.3 is 19.1 Å². The molecule has 2 aromatic carbocycles. The maximum atomic E-state index is 13.8. The lowest BCUT2D eigenvalue weighted by molar-refractivity contribution is -0.139. The van der Waals surface area contributed by atoms with Crippen LogP contribution in [0.3, 0.4) is 0 Å². The molecule has 0 aliphatic carbocycles. The van der Waals surface area contributed by atoms with Crippen molar-refractivity contribution in [3.63, 3.8) is 0 Å². The van der Waals surface area contributed by atoms with Crippen molar-refractivity contribution in [1.82, 2.24) is 4.57 Å². The van der Waals surface area contributed by atoms with Crippen molar-refractivity contribution < 1.29 is 19.0 Å². The van der Waals surface area contributed by atoms with Crippen molar-refractivity contribution in [3.8, 4) is 11.5 Å². The second-order valence-corrected chi connectivity index (χ2v) is 9.41. The molecule has 8 nitrogen and oxygen atoms in total. The zero-order chi connectivity index (χ0) is 26.0. The summed E-state index contributed by atoms with van der Waals surface area (Å²) in [6.07, 6.45) is 1.84. The molecule has 1 unspecified atom stereocenters. The van der Waals surface area contributed by atoms with Gasteiger partial charge in [0.1, 0.15) is 17.5 Å². The van der Waals surface area contributed by atoms with Gasteiger partial charge in [0.25, 0.3) is 5.56 Å². The lowest BCUT2D eigenvalue weighted by atomic mass is 9.94. The molecular weight excluding hydrogens is 478 g/mol. The number of methoxy groups -OCH3 is 2. The fourth-order valence-corrected chi connectivity index (χ4v) is 5.21. The van der Waals surface area contributed by atoms with E-state index in [9.17, 15) is 9.59 Å². The van der Waals surface area contributed by atoms with E-state index in [1.807, 2.05) is 49.3 Å². The third kappa shape index (κ3) is 4.66. The Labute approximate surface area is 213 Å². The highest BCUT2D eigenvalue weighted by molar-refractivity contribution is 7.07. The molecular formula is C27H29N3O5S. The number of allylic oxidation sites excluding steroid dienone is 1. The number of esters is 1. The summed E-state index contributed by atoms with van der Waals surface area (Å²) in [5.41, 5.74) is 3.09. The first kappa shape index (κ1) is 25.2. The number of ether oxygens (including phenoxy) is 3. The van der Waals surface area contributed by atoms with Gasteiger partial charge in [0, 0.05) is 25.3 Å². The number of hydrogen-bond acceptors (Lipinski definition) is 8. The van der Waals surface area contributed by atoms with Crippen LogP contribution in [0.15, 0.2) is 63.5 Å². The van der Waals surface area contributed by atoms with E-state index < -0.39 is 12.0 Å². The van der Waals surface area contributed by atoms with E-state index in [0.29, 0.717) is 32.1 Å². The molecule has 0 saturated heterocycles. The Morgan fingerprint density at radius 3 is 2.47 bits per heavy atom. The molecule has 0 fully saturated rings. The number of fused-ring (bicyclic) bond motifs is 1. The van der Waals surface area contributed by atoms with Crippen molar-refractivity contribution >= 4 is 29.1 Å². The molecule has 0 spiro atoms. The van der Waals surface area contributed by atoms with Gasteiger partial charge >= 0.3 is 5.97 Å². The van der Waals surface area contributed by atoms with Gasteiger partial charge in [0.15, 0.2) is 4.80 Å². The van der Waals surface area contributed by atoms with Gasteiger partial charge in [-0.05, 0) is 55.8 Å². The molecule has 1 aromatic heterocycles. The smallest absolute Gasteiger partial charge is 0.338 e. The topological polar surface area (TPSA) is 82.4 Å². The summed E-state index contributed by atoms with van der Waals surface area (Å²) in [6.45, 7) is 3.69. The van der Waals surface area contributed by atoms with E-state index in [2.05, 4.69) is 4.99 Å². The second-order valence-electron chi connectivity index (χ2n) is 8.40. The molecule has 0 saturated carbocycles. The van der Waals surface area contributed by atoms with Crippen LogP contribution >= 0.6 is 11.3 Å². The second kappa shape index (κ2) is 10.4. The molecule has 0 N–H and O–H groups in total. The number of carbonyl (C=O) groups is 1. The molecule has 9 heteroatoms. The van der Waals surface area contributed by atoms with Crippen LogP contribution in [0.1, 0.15) is 31.0 Å². The highest BCUT2D eigenvalue weighted by Crippen LogP contribution is 2.37. The number of aromatic nitrogens is 1. The Hall–Kier alpha value is -3.85. The van der Waals surface area contributed by atoms with Crippen LogP contribution in [0.2, 0.25) is 0 Å². The largest absolute Gasteiger partial charge is 0.497 e. The summed E-state index contributed by atoms with van der Waals surface area (Å²) in [6, 6.07) is 12.4. The van der Waals surface area contributed by atoms with Crippen LogP contribution in [0, 0.1) is 0 Å². The van der Waals surface area contributed by atoms with E-state index in [1.165, 1.54) is 11.3 Å². The van der Waals surface area contributed by atoms with Crippen LogP contribution in [0.5, 0.6) is 11.5 Å². The molecule has 0 amide bonds. The number of rotatable bonds is 7. The first-order valence-corrected chi connectivity index (χ1v) is 12.3. The Morgan fingerprint density at radius 2 is 1.86 bits per heavy atom. The SMILES string of the molecule is CCOC(=O)C1=C(C)N=c2sc(=Cc3ccc(N(C)C)cc3)c(=O)n2C1c1cc(OC)ccc1OC. The number of nitrogens with zero attached hydrogens (tertiary/aromatic N) is 3. The average molecular weight is 508 g/mol. The van der Waals surface area contributed by atoms with Gasteiger partial charge in [-0.2, -0.15) is 0 Å². The van der Waals surface area contributed by atoms with Crippen LogP contribution < -0.4 is 29.3 Å². The predicted octanol–water partition coefficient (Wildman–Crippen LogP) is 2.88. The maximum Gasteiger partial charge on any atom is 0.338 e. The molecule has 3 aromatic rings. The molecule has 4 rings (SSSR count). The van der Waals surface area contributed by atoms with Crippen LogP contribution in [-0.4, -0.2) is 45.5 Å². The van der Waals surface area contributed by atoms with Gasteiger partial charge in [-0.3, -0.25) is 9.36 Å². The number of anilines is 1. The molecule has 0 radical (unpaired) electrons. The third-order valence-corrected chi connectivity index (χ3v) is 6.94. The highest BCUT2D eigenvalue weighted by atomic mass is 32.1. The standard InChI is InChI=1S/C27H29N3O5S/c1-7-35-26(32)23-16(2)28-27-30(24(23)20-15-19(33-5)12-13-21(20)34-6)25(31)22(36-27)14-17-8-10-18(11-9-17)29(3)4/h8-15,24H,7H2,1-6H3. The summed E-state index contributed by atoms with van der Waals surface area (Å²) in [5.74, 6) is 0.570. The first-order chi connectivity index (χ1) is 17.3. The summed E-state index contributed by atoms with van der Waals surface area (Å²) in [4.78, 5) is 34.0. The van der Waals surface area contributed by atoms with Gasteiger partial charge in [-0.1, -0.05) is 23.5 Å². The van der Waals surface area contributed by atoms with Gasteiger partial charge in [-0.15, -0.1) is 0 Å². The van der Waals surface area contributed by atoms with Gasteiger partial charge in [-0.25, -0.2) is 9.79 Å². The van der Waals surface area contributed by atoms with Crippen LogP contribution in [-0.2, 0) is 9.53 Å². The predicted molar refractivity (Wildman–Crippen MR) is 141 cm³/mol. The molecule has 1 aliphatic heterocycles. The van der Waals surface area contributed by atoms with Crippen molar-refractivity contribution in [2.45, 2.75) is 19.9 Å². The van der Waals surface area contributed by atoms with E-state index in [4.69, 9.17) is 14.2 Å². The maximum absolute atomic E-state index is 13.8. The fraction of sp³-hybridized carbons (Fsp3) is 0.296. The molecule has 1 atom stereocenters. The normalized spacial score (nSPS) is 15.3. The van der Waals surface area contributed by atoms with E-state index >= 15 is 0 Å². The Bertz CT molecular complexity index is 1500. The average Bonchev–Trinajstić information content (AvgIpc) is 3.17. The zero-order valence-electron chi connectivity index (χ0n) is 21.2. The lowest BCUT2D eigenvalue weighted by Crippen LogP contribution is -2.40. The van der Waals surface area contributed by atoms with E-state index in [-0.39, 0.29) is 17.7 Å². The van der Waals surface area contributed by atoms with Crippen molar-refractivity contribution in [2.24, 2.45) is 4.99 Å². The molecule has 1 aliphatic rings. The Morgan fingerprint density at radius 1 is 1.14 bits per heavy atom. The van der Waals surface area contributed by atoms with Crippen LogP contribution in [0.4, 0.5) is 5.69 Å². The van der Waals surface area contributed by atoms with Crippen molar-refractivity contribution in [3.05, 3.63) is 84.5 Å². The Kier molecular flexibility index (Phi) is 7.30. The zero-order valence-corrected chi connectivity index (χ0v) is 22.0. The van der Waals surface area contributed by atoms with Gasteiger partial charge in [0.05, 0.1) is 36.6 Å². The minimum absolute atomic E-state index is 0.199. The minimum atomic E-state index is -0.788. The minimum Gasteiger partial charge on any atom is -0.497 e. The monoisotopic (exact) mass is 507 g/mol. The fourth-order valence-electron chi connectivity index (χ4n) is 4.16. The van der Waals surface area contributed by atoms with E-state index in [1.54, 1.807) is 50.8 Å². The third-order valence-electron chi connectivity index (χ3n) is 5.96. The van der Waals surface area contributed by atoms with E-state index in [0.717, 1.165) is 11.3 Å². The quantitative estimate of drug-likeness (QED) is 0.458.